The molecule has 0 bridgehead atoms. The van der Waals surface area contributed by atoms with E-state index >= 15 is 0 Å². The first-order valence-electron chi connectivity index (χ1n) is 10.0. The van der Waals surface area contributed by atoms with E-state index < -0.39 is 5.60 Å². The molecule has 0 saturated carbocycles. The molecule has 0 aromatic heterocycles. The third kappa shape index (κ3) is 4.09. The number of carbonyl (C=O) groups is 2. The van der Waals surface area contributed by atoms with Crippen molar-refractivity contribution in [3.8, 4) is 11.5 Å². The van der Waals surface area contributed by atoms with E-state index in [-0.39, 0.29) is 18.4 Å². The molecule has 2 aliphatic heterocycles. The maximum absolute atomic E-state index is 13.3. The third-order valence-corrected chi connectivity index (χ3v) is 5.85. The number of hydrogen-bond donors (Lipinski definition) is 0. The van der Waals surface area contributed by atoms with Crippen molar-refractivity contribution in [1.29, 1.82) is 0 Å². The first-order chi connectivity index (χ1) is 13.4. The van der Waals surface area contributed by atoms with Gasteiger partial charge in [-0.3, -0.25) is 9.59 Å². The lowest BCUT2D eigenvalue weighted by Gasteiger charge is -2.41. The molecule has 0 N–H and O–H groups in total. The van der Waals surface area contributed by atoms with Crippen molar-refractivity contribution in [2.75, 3.05) is 53.4 Å². The average molecular weight is 389 g/mol. The summed E-state index contributed by atoms with van der Waals surface area (Å²) in [6.45, 7) is 7.46. The number of ether oxygens (including phenoxy) is 2. The standard InChI is InChI=1S/C21H31N3O4/c1-5-23(6-2)19(25)14-24-15-21(9-11-22(3)12-10-21)28-18-13-16(27-4)7-8-17(18)20(24)26/h7-8,13H,5-6,9-12,14-15H2,1-4H3. The smallest absolute Gasteiger partial charge is 0.258 e. The van der Waals surface area contributed by atoms with Crippen LogP contribution in [0.4, 0.5) is 0 Å². The van der Waals surface area contributed by atoms with Gasteiger partial charge in [-0.25, -0.2) is 0 Å². The molecule has 7 nitrogen and oxygen atoms in total. The van der Waals surface area contributed by atoms with Gasteiger partial charge in [0.1, 0.15) is 23.6 Å². The van der Waals surface area contributed by atoms with Crippen molar-refractivity contribution < 1.29 is 19.1 Å². The molecule has 0 unspecified atom stereocenters. The summed E-state index contributed by atoms with van der Waals surface area (Å²) in [4.78, 5) is 31.7. The van der Waals surface area contributed by atoms with Crippen molar-refractivity contribution >= 4 is 11.8 Å². The highest BCUT2D eigenvalue weighted by atomic mass is 16.5. The number of benzene rings is 1. The van der Waals surface area contributed by atoms with E-state index in [4.69, 9.17) is 9.47 Å². The molecule has 0 aliphatic carbocycles. The van der Waals surface area contributed by atoms with E-state index in [9.17, 15) is 9.59 Å². The third-order valence-electron chi connectivity index (χ3n) is 5.85. The molecule has 1 saturated heterocycles. The van der Waals surface area contributed by atoms with Gasteiger partial charge in [0.05, 0.1) is 19.2 Å². The number of likely N-dealkylation sites (tertiary alicyclic amines) is 1. The van der Waals surface area contributed by atoms with Crippen LogP contribution in [0.25, 0.3) is 0 Å². The van der Waals surface area contributed by atoms with Gasteiger partial charge in [-0.05, 0) is 33.0 Å². The van der Waals surface area contributed by atoms with Gasteiger partial charge < -0.3 is 24.2 Å². The Morgan fingerprint density at radius 2 is 1.93 bits per heavy atom. The molecule has 3 rings (SSSR count). The van der Waals surface area contributed by atoms with Crippen LogP contribution in [0.1, 0.15) is 37.0 Å². The number of nitrogens with zero attached hydrogens (tertiary/aromatic N) is 3. The first kappa shape index (κ1) is 20.5. The van der Waals surface area contributed by atoms with Crippen LogP contribution in [0, 0.1) is 0 Å². The Labute approximate surface area is 167 Å². The van der Waals surface area contributed by atoms with Crippen LogP contribution in [0.15, 0.2) is 18.2 Å². The van der Waals surface area contributed by atoms with Crippen LogP contribution in [-0.4, -0.2) is 85.5 Å². The molecule has 0 atom stereocenters. The van der Waals surface area contributed by atoms with Gasteiger partial charge in [-0.1, -0.05) is 0 Å². The predicted molar refractivity (Wildman–Crippen MR) is 107 cm³/mol. The van der Waals surface area contributed by atoms with Crippen molar-refractivity contribution in [3.05, 3.63) is 23.8 Å². The fourth-order valence-electron chi connectivity index (χ4n) is 4.00. The SMILES string of the molecule is CCN(CC)C(=O)CN1CC2(CCN(C)CC2)Oc2cc(OC)ccc2C1=O. The number of likely N-dealkylation sites (N-methyl/N-ethyl adjacent to an activating group) is 1. The van der Waals surface area contributed by atoms with Gasteiger partial charge in [0.15, 0.2) is 0 Å². The van der Waals surface area contributed by atoms with E-state index in [0.717, 1.165) is 25.9 Å². The van der Waals surface area contributed by atoms with Crippen molar-refractivity contribution in [2.45, 2.75) is 32.3 Å². The first-order valence-corrected chi connectivity index (χ1v) is 10.0. The Morgan fingerprint density at radius 3 is 2.54 bits per heavy atom. The Balaban J connectivity index is 1.95. The Bertz CT molecular complexity index is 724. The summed E-state index contributed by atoms with van der Waals surface area (Å²) in [5.41, 5.74) is 0.00696. The Kier molecular flexibility index (Phi) is 6.13. The summed E-state index contributed by atoms with van der Waals surface area (Å²) in [7, 11) is 3.69. The van der Waals surface area contributed by atoms with Crippen molar-refractivity contribution in [3.63, 3.8) is 0 Å². The lowest BCUT2D eigenvalue weighted by Crippen LogP contribution is -2.55. The molecule has 0 radical (unpaired) electrons. The van der Waals surface area contributed by atoms with Crippen LogP contribution >= 0.6 is 0 Å². The fourth-order valence-corrected chi connectivity index (χ4v) is 4.00. The molecule has 2 amide bonds. The minimum atomic E-state index is -0.483. The van der Waals surface area contributed by atoms with Gasteiger partial charge in [0, 0.05) is 45.1 Å². The quantitative estimate of drug-likeness (QED) is 0.769. The number of rotatable bonds is 5. The average Bonchev–Trinajstić information content (AvgIpc) is 2.80. The molecule has 1 aromatic carbocycles. The molecule has 154 valence electrons. The van der Waals surface area contributed by atoms with E-state index in [2.05, 4.69) is 11.9 Å². The van der Waals surface area contributed by atoms with Gasteiger partial charge in [0.25, 0.3) is 5.91 Å². The maximum atomic E-state index is 13.3. The largest absolute Gasteiger partial charge is 0.497 e. The van der Waals surface area contributed by atoms with Crippen molar-refractivity contribution in [1.82, 2.24) is 14.7 Å². The van der Waals surface area contributed by atoms with E-state index in [0.29, 0.717) is 36.7 Å². The number of methoxy groups -OCH3 is 1. The molecule has 2 aliphatic rings. The van der Waals surface area contributed by atoms with Crippen LogP contribution in [0.5, 0.6) is 11.5 Å². The number of carbonyl (C=O) groups excluding carboxylic acids is 2. The van der Waals surface area contributed by atoms with Gasteiger partial charge in [-0.15, -0.1) is 0 Å². The molecular formula is C21H31N3O4. The lowest BCUT2D eigenvalue weighted by molar-refractivity contribution is -0.132. The summed E-state index contributed by atoms with van der Waals surface area (Å²) in [6, 6.07) is 5.28. The van der Waals surface area contributed by atoms with Gasteiger partial charge in [0.2, 0.25) is 5.91 Å². The number of piperidine rings is 1. The zero-order valence-electron chi connectivity index (χ0n) is 17.4. The summed E-state index contributed by atoms with van der Waals surface area (Å²) in [5.74, 6) is 1.02. The molecule has 1 spiro atoms. The number of hydrogen-bond acceptors (Lipinski definition) is 5. The highest BCUT2D eigenvalue weighted by Crippen LogP contribution is 2.37. The van der Waals surface area contributed by atoms with Crippen LogP contribution in [0.3, 0.4) is 0 Å². The van der Waals surface area contributed by atoms with E-state index in [1.54, 1.807) is 35.1 Å². The Hall–Kier alpha value is -2.28. The normalized spacial score (nSPS) is 19.0. The minimum Gasteiger partial charge on any atom is -0.497 e. The van der Waals surface area contributed by atoms with E-state index in [1.165, 1.54) is 0 Å². The second kappa shape index (κ2) is 8.39. The summed E-state index contributed by atoms with van der Waals surface area (Å²) < 4.78 is 11.8. The van der Waals surface area contributed by atoms with Crippen LogP contribution in [0.2, 0.25) is 0 Å². The molecule has 28 heavy (non-hydrogen) atoms. The molecule has 7 heteroatoms. The zero-order valence-corrected chi connectivity index (χ0v) is 17.4. The molecule has 2 heterocycles. The van der Waals surface area contributed by atoms with E-state index in [1.807, 2.05) is 13.8 Å². The zero-order chi connectivity index (χ0) is 20.3. The van der Waals surface area contributed by atoms with Crippen LogP contribution in [-0.2, 0) is 4.79 Å². The second-order valence-electron chi connectivity index (χ2n) is 7.68. The Morgan fingerprint density at radius 1 is 1.25 bits per heavy atom. The molecule has 1 aromatic rings. The highest BCUT2D eigenvalue weighted by Gasteiger charge is 2.43. The monoisotopic (exact) mass is 389 g/mol. The lowest BCUT2D eigenvalue weighted by atomic mass is 9.90. The number of amides is 2. The highest BCUT2D eigenvalue weighted by molar-refractivity contribution is 5.99. The topological polar surface area (TPSA) is 62.3 Å². The summed E-state index contributed by atoms with van der Waals surface area (Å²) >= 11 is 0. The molecule has 1 fully saturated rings. The fraction of sp³-hybridized carbons (Fsp3) is 0.619. The van der Waals surface area contributed by atoms with Gasteiger partial charge in [-0.2, -0.15) is 0 Å². The summed E-state index contributed by atoms with van der Waals surface area (Å²) in [5, 5.41) is 0. The predicted octanol–water partition coefficient (Wildman–Crippen LogP) is 1.86. The maximum Gasteiger partial charge on any atom is 0.258 e. The second-order valence-corrected chi connectivity index (χ2v) is 7.68. The summed E-state index contributed by atoms with van der Waals surface area (Å²) in [6.07, 6.45) is 1.62. The number of fused-ring (bicyclic) bond motifs is 1. The molecular weight excluding hydrogens is 358 g/mol. The van der Waals surface area contributed by atoms with Crippen molar-refractivity contribution in [2.24, 2.45) is 0 Å². The minimum absolute atomic E-state index is 0.0293. The van der Waals surface area contributed by atoms with Crippen LogP contribution < -0.4 is 9.47 Å². The van der Waals surface area contributed by atoms with Gasteiger partial charge >= 0.3 is 0 Å².